The summed E-state index contributed by atoms with van der Waals surface area (Å²) in [6, 6.07) is 5.35. The van der Waals surface area contributed by atoms with Crippen molar-refractivity contribution in [3.63, 3.8) is 0 Å². The number of carbonyl (C=O) groups excluding carboxylic acids is 1. The lowest BCUT2D eigenvalue weighted by atomic mass is 10.0. The van der Waals surface area contributed by atoms with Gasteiger partial charge in [-0.15, -0.1) is 0 Å². The first kappa shape index (κ1) is 13.3. The zero-order chi connectivity index (χ0) is 12.8. The Morgan fingerprint density at radius 1 is 1.41 bits per heavy atom. The molecule has 1 rings (SSSR count). The molecule has 94 valence electrons. The minimum atomic E-state index is -0.366. The lowest BCUT2D eigenvalue weighted by Gasteiger charge is -2.19. The Balaban J connectivity index is 3.13. The zero-order valence-electron chi connectivity index (χ0n) is 10.3. The molecular formula is C12H18N2O3. The summed E-state index contributed by atoms with van der Waals surface area (Å²) >= 11 is 0. The molecule has 0 aromatic heterocycles. The van der Waals surface area contributed by atoms with Crippen molar-refractivity contribution in [3.8, 4) is 11.5 Å². The number of nitrogens with one attached hydrogen (secondary N) is 1. The number of hydrogen-bond donors (Lipinski definition) is 2. The van der Waals surface area contributed by atoms with Crippen molar-refractivity contribution in [3.05, 3.63) is 23.8 Å². The molecule has 17 heavy (non-hydrogen) atoms. The average Bonchev–Trinajstić information content (AvgIpc) is 2.34. The Hall–Kier alpha value is -1.75. The Bertz CT molecular complexity index is 393. The molecular weight excluding hydrogens is 220 g/mol. The van der Waals surface area contributed by atoms with Gasteiger partial charge in [0.25, 0.3) is 0 Å². The summed E-state index contributed by atoms with van der Waals surface area (Å²) in [5, 5.41) is 3.04. The Morgan fingerprint density at radius 2 is 2.12 bits per heavy atom. The van der Waals surface area contributed by atoms with E-state index in [2.05, 4.69) is 5.32 Å². The van der Waals surface area contributed by atoms with Gasteiger partial charge in [-0.3, -0.25) is 4.79 Å². The van der Waals surface area contributed by atoms with Crippen LogP contribution in [0.25, 0.3) is 0 Å². The third-order valence-corrected chi connectivity index (χ3v) is 2.56. The molecule has 0 aliphatic carbocycles. The maximum Gasteiger partial charge on any atom is 0.219 e. The van der Waals surface area contributed by atoms with E-state index in [-0.39, 0.29) is 18.4 Å². The summed E-state index contributed by atoms with van der Waals surface area (Å²) in [4.78, 5) is 11.0. The average molecular weight is 238 g/mol. The number of nitrogens with two attached hydrogens (primary N) is 1. The van der Waals surface area contributed by atoms with Gasteiger partial charge in [0, 0.05) is 18.0 Å². The van der Waals surface area contributed by atoms with Crippen molar-refractivity contribution in [1.82, 2.24) is 5.32 Å². The number of hydrogen-bond acceptors (Lipinski definition) is 4. The van der Waals surface area contributed by atoms with Gasteiger partial charge in [0.15, 0.2) is 11.5 Å². The highest BCUT2D eigenvalue weighted by Crippen LogP contribution is 2.35. The summed E-state index contributed by atoms with van der Waals surface area (Å²) in [6.45, 7) is 0. The first-order valence-corrected chi connectivity index (χ1v) is 5.30. The van der Waals surface area contributed by atoms with Gasteiger partial charge in [-0.2, -0.15) is 0 Å². The first-order chi connectivity index (χ1) is 8.13. The van der Waals surface area contributed by atoms with Crippen LogP contribution < -0.4 is 20.5 Å². The van der Waals surface area contributed by atoms with Gasteiger partial charge in [-0.05, 0) is 13.1 Å². The third kappa shape index (κ3) is 3.10. The van der Waals surface area contributed by atoms with E-state index < -0.39 is 0 Å². The molecule has 0 saturated heterocycles. The molecule has 1 atom stereocenters. The maximum absolute atomic E-state index is 11.0. The number of primary amides is 1. The van der Waals surface area contributed by atoms with Crippen LogP contribution in [-0.2, 0) is 4.79 Å². The van der Waals surface area contributed by atoms with E-state index in [0.717, 1.165) is 5.56 Å². The van der Waals surface area contributed by atoms with Crippen LogP contribution in [0.3, 0.4) is 0 Å². The quantitative estimate of drug-likeness (QED) is 0.770. The molecule has 0 fully saturated rings. The summed E-state index contributed by atoms with van der Waals surface area (Å²) < 4.78 is 10.5. The van der Waals surface area contributed by atoms with Crippen LogP contribution in [0.4, 0.5) is 0 Å². The molecule has 5 nitrogen and oxygen atoms in total. The van der Waals surface area contributed by atoms with Crippen molar-refractivity contribution in [2.75, 3.05) is 21.3 Å². The topological polar surface area (TPSA) is 73.6 Å². The number of para-hydroxylation sites is 1. The van der Waals surface area contributed by atoms with Gasteiger partial charge in [-0.1, -0.05) is 12.1 Å². The van der Waals surface area contributed by atoms with Crippen LogP contribution in [0, 0.1) is 0 Å². The van der Waals surface area contributed by atoms with Gasteiger partial charge in [0.2, 0.25) is 5.91 Å². The van der Waals surface area contributed by atoms with E-state index in [4.69, 9.17) is 15.2 Å². The van der Waals surface area contributed by atoms with E-state index in [1.165, 1.54) is 0 Å². The first-order valence-electron chi connectivity index (χ1n) is 5.30. The van der Waals surface area contributed by atoms with E-state index in [1.807, 2.05) is 12.1 Å². The summed E-state index contributed by atoms with van der Waals surface area (Å²) in [5.74, 6) is 0.888. The molecule has 0 heterocycles. The van der Waals surface area contributed by atoms with Crippen molar-refractivity contribution in [2.45, 2.75) is 12.5 Å². The monoisotopic (exact) mass is 238 g/mol. The van der Waals surface area contributed by atoms with Crippen LogP contribution >= 0.6 is 0 Å². The normalized spacial score (nSPS) is 11.9. The molecule has 1 aromatic rings. The minimum absolute atomic E-state index is 0.183. The molecule has 0 spiro atoms. The highest BCUT2D eigenvalue weighted by atomic mass is 16.5. The Kier molecular flexibility index (Phi) is 4.78. The van der Waals surface area contributed by atoms with Crippen LogP contribution in [0.1, 0.15) is 18.0 Å². The minimum Gasteiger partial charge on any atom is -0.493 e. The SMILES string of the molecule is CNC(CC(N)=O)c1cccc(OC)c1OC. The molecule has 1 aromatic carbocycles. The molecule has 0 radical (unpaired) electrons. The summed E-state index contributed by atoms with van der Waals surface area (Å²) in [5.41, 5.74) is 6.07. The van der Waals surface area contributed by atoms with E-state index in [1.54, 1.807) is 27.3 Å². The highest BCUT2D eigenvalue weighted by Gasteiger charge is 2.19. The largest absolute Gasteiger partial charge is 0.493 e. The van der Waals surface area contributed by atoms with Crippen LogP contribution in [0.2, 0.25) is 0 Å². The standard InChI is InChI=1S/C12H18N2O3/c1-14-9(7-11(13)15)8-5-4-6-10(16-2)12(8)17-3/h4-6,9,14H,7H2,1-3H3,(H2,13,15). The van der Waals surface area contributed by atoms with Crippen molar-refractivity contribution in [2.24, 2.45) is 5.73 Å². The Morgan fingerprint density at radius 3 is 2.59 bits per heavy atom. The van der Waals surface area contributed by atoms with Gasteiger partial charge in [-0.25, -0.2) is 0 Å². The molecule has 1 unspecified atom stereocenters. The fourth-order valence-corrected chi connectivity index (χ4v) is 1.76. The second-order valence-electron chi connectivity index (χ2n) is 3.59. The molecule has 5 heteroatoms. The number of rotatable bonds is 6. The predicted octanol–water partition coefficient (Wildman–Crippen LogP) is 0.840. The summed E-state index contributed by atoms with van der Waals surface area (Å²) in [6.07, 6.45) is 0.208. The number of amides is 1. The molecule has 1 amide bonds. The molecule has 0 bridgehead atoms. The van der Waals surface area contributed by atoms with Crippen molar-refractivity contribution < 1.29 is 14.3 Å². The Labute approximate surface area is 101 Å². The highest BCUT2D eigenvalue weighted by molar-refractivity contribution is 5.75. The predicted molar refractivity (Wildman–Crippen MR) is 65.2 cm³/mol. The lowest BCUT2D eigenvalue weighted by molar-refractivity contribution is -0.118. The molecule has 0 aliphatic rings. The second kappa shape index (κ2) is 6.10. The van der Waals surface area contributed by atoms with Gasteiger partial charge in [0.1, 0.15) is 0 Å². The second-order valence-corrected chi connectivity index (χ2v) is 3.59. The third-order valence-electron chi connectivity index (χ3n) is 2.56. The van der Waals surface area contributed by atoms with Crippen LogP contribution in [0.15, 0.2) is 18.2 Å². The van der Waals surface area contributed by atoms with Crippen molar-refractivity contribution in [1.29, 1.82) is 0 Å². The summed E-state index contributed by atoms with van der Waals surface area (Å²) in [7, 11) is 4.91. The molecule has 0 saturated carbocycles. The lowest BCUT2D eigenvalue weighted by Crippen LogP contribution is -2.24. The van der Waals surface area contributed by atoms with Gasteiger partial charge >= 0.3 is 0 Å². The number of carbonyl (C=O) groups is 1. The number of benzene rings is 1. The zero-order valence-corrected chi connectivity index (χ0v) is 10.3. The molecule has 0 aliphatic heterocycles. The van der Waals surface area contributed by atoms with Gasteiger partial charge < -0.3 is 20.5 Å². The fraction of sp³-hybridized carbons (Fsp3) is 0.417. The molecule has 3 N–H and O–H groups in total. The van der Waals surface area contributed by atoms with Gasteiger partial charge in [0.05, 0.1) is 14.2 Å². The van der Waals surface area contributed by atoms with Crippen molar-refractivity contribution >= 4 is 5.91 Å². The van der Waals surface area contributed by atoms with Crippen LogP contribution in [0.5, 0.6) is 11.5 Å². The van der Waals surface area contributed by atoms with E-state index >= 15 is 0 Å². The van der Waals surface area contributed by atoms with E-state index in [0.29, 0.717) is 11.5 Å². The number of ether oxygens (including phenoxy) is 2. The number of methoxy groups -OCH3 is 2. The van der Waals surface area contributed by atoms with E-state index in [9.17, 15) is 4.79 Å². The fourth-order valence-electron chi connectivity index (χ4n) is 1.76. The smallest absolute Gasteiger partial charge is 0.219 e. The van der Waals surface area contributed by atoms with Crippen LogP contribution in [-0.4, -0.2) is 27.2 Å². The maximum atomic E-state index is 11.0.